The molecule has 0 heterocycles. The van der Waals surface area contributed by atoms with Crippen LogP contribution in [0.15, 0.2) is 0 Å². The van der Waals surface area contributed by atoms with Gasteiger partial charge in [-0.1, -0.05) is 13.3 Å². The molecule has 1 saturated carbocycles. The zero-order valence-electron chi connectivity index (χ0n) is 9.42. The maximum absolute atomic E-state index is 11.8. The Labute approximate surface area is 86.1 Å². The van der Waals surface area contributed by atoms with Crippen LogP contribution < -0.4 is 0 Å². The molecule has 0 saturated heterocycles. The lowest BCUT2D eigenvalue weighted by molar-refractivity contribution is -0.148. The summed E-state index contributed by atoms with van der Waals surface area (Å²) < 4.78 is 0. The van der Waals surface area contributed by atoms with Gasteiger partial charge < -0.3 is 10.0 Å². The van der Waals surface area contributed by atoms with Gasteiger partial charge in [0.15, 0.2) is 0 Å². The summed E-state index contributed by atoms with van der Waals surface area (Å²) in [4.78, 5) is 13.7. The first-order valence-corrected chi connectivity index (χ1v) is 5.50. The highest BCUT2D eigenvalue weighted by atomic mass is 16.3. The van der Waals surface area contributed by atoms with E-state index >= 15 is 0 Å². The highest BCUT2D eigenvalue weighted by Crippen LogP contribution is 2.29. The van der Waals surface area contributed by atoms with E-state index in [9.17, 15) is 9.90 Å². The molecule has 0 bridgehead atoms. The molecular formula is C11H21NO2. The summed E-state index contributed by atoms with van der Waals surface area (Å²) in [5.41, 5.74) is -1.21. The normalized spacial score (nSPS) is 16.9. The maximum atomic E-state index is 11.8. The van der Waals surface area contributed by atoms with Crippen molar-refractivity contribution in [3.63, 3.8) is 0 Å². The van der Waals surface area contributed by atoms with Crippen LogP contribution in [0.4, 0.5) is 0 Å². The van der Waals surface area contributed by atoms with Crippen LogP contribution in [0.2, 0.25) is 0 Å². The molecule has 0 aromatic carbocycles. The number of unbranched alkanes of at least 4 members (excludes halogenated alkanes) is 1. The van der Waals surface area contributed by atoms with E-state index in [1.54, 1.807) is 13.8 Å². The summed E-state index contributed by atoms with van der Waals surface area (Å²) in [6, 6.07) is 0.403. The fourth-order valence-electron chi connectivity index (χ4n) is 1.52. The Morgan fingerprint density at radius 2 is 2.07 bits per heavy atom. The molecule has 3 nitrogen and oxygen atoms in total. The number of aliphatic hydroxyl groups is 1. The minimum atomic E-state index is -1.21. The van der Waals surface area contributed by atoms with Crippen LogP contribution in [-0.2, 0) is 4.79 Å². The van der Waals surface area contributed by atoms with Crippen molar-refractivity contribution in [2.24, 2.45) is 0 Å². The smallest absolute Gasteiger partial charge is 0.254 e. The lowest BCUT2D eigenvalue weighted by Crippen LogP contribution is -2.46. The van der Waals surface area contributed by atoms with E-state index in [0.717, 1.165) is 32.2 Å². The highest BCUT2D eigenvalue weighted by molar-refractivity contribution is 5.84. The van der Waals surface area contributed by atoms with Crippen LogP contribution in [0.1, 0.15) is 46.5 Å². The highest BCUT2D eigenvalue weighted by Gasteiger charge is 2.37. The lowest BCUT2D eigenvalue weighted by Gasteiger charge is -2.28. The van der Waals surface area contributed by atoms with E-state index in [-0.39, 0.29) is 5.91 Å². The van der Waals surface area contributed by atoms with Gasteiger partial charge in [-0.2, -0.15) is 0 Å². The van der Waals surface area contributed by atoms with Gasteiger partial charge in [-0.25, -0.2) is 0 Å². The van der Waals surface area contributed by atoms with Gasteiger partial charge in [0.1, 0.15) is 5.60 Å². The van der Waals surface area contributed by atoms with Gasteiger partial charge >= 0.3 is 0 Å². The zero-order chi connectivity index (χ0) is 10.8. The van der Waals surface area contributed by atoms with Crippen LogP contribution in [-0.4, -0.2) is 34.1 Å². The number of rotatable bonds is 5. The molecule has 0 aromatic heterocycles. The minimum absolute atomic E-state index is 0.117. The van der Waals surface area contributed by atoms with Crippen molar-refractivity contribution >= 4 is 5.91 Å². The Kier molecular flexibility index (Phi) is 3.53. The van der Waals surface area contributed by atoms with Crippen LogP contribution in [0, 0.1) is 0 Å². The molecule has 0 aromatic rings. The Morgan fingerprint density at radius 3 is 2.43 bits per heavy atom. The zero-order valence-corrected chi connectivity index (χ0v) is 9.42. The lowest BCUT2D eigenvalue weighted by atomic mass is 10.1. The molecule has 1 aliphatic rings. The van der Waals surface area contributed by atoms with Crippen molar-refractivity contribution in [2.45, 2.75) is 58.1 Å². The van der Waals surface area contributed by atoms with Gasteiger partial charge in [-0.05, 0) is 33.1 Å². The predicted octanol–water partition coefficient (Wildman–Crippen LogP) is 1.55. The minimum Gasteiger partial charge on any atom is -0.381 e. The summed E-state index contributed by atoms with van der Waals surface area (Å²) in [7, 11) is 0. The molecule has 3 heteroatoms. The Balaban J connectivity index is 2.53. The van der Waals surface area contributed by atoms with Gasteiger partial charge in [-0.15, -0.1) is 0 Å². The van der Waals surface area contributed by atoms with Crippen LogP contribution >= 0.6 is 0 Å². The SMILES string of the molecule is CCCCN(C(=O)C(C)(C)O)C1CC1. The topological polar surface area (TPSA) is 40.5 Å². The third-order valence-electron chi connectivity index (χ3n) is 2.52. The standard InChI is InChI=1S/C11H21NO2/c1-4-5-8-12(9-6-7-9)10(13)11(2,3)14/h9,14H,4-8H2,1-3H3. The molecule has 0 unspecified atom stereocenters. The third-order valence-corrected chi connectivity index (χ3v) is 2.52. The van der Waals surface area contributed by atoms with Gasteiger partial charge in [0.05, 0.1) is 0 Å². The van der Waals surface area contributed by atoms with E-state index in [2.05, 4.69) is 6.92 Å². The number of nitrogens with zero attached hydrogens (tertiary/aromatic N) is 1. The molecule has 1 rings (SSSR count). The summed E-state index contributed by atoms with van der Waals surface area (Å²) in [6.45, 7) is 6.04. The van der Waals surface area contributed by atoms with Crippen molar-refractivity contribution < 1.29 is 9.90 Å². The first-order chi connectivity index (χ1) is 6.46. The maximum Gasteiger partial charge on any atom is 0.254 e. The average molecular weight is 199 g/mol. The largest absolute Gasteiger partial charge is 0.381 e. The molecular weight excluding hydrogens is 178 g/mol. The van der Waals surface area contributed by atoms with E-state index in [1.165, 1.54) is 0 Å². The van der Waals surface area contributed by atoms with Crippen LogP contribution in [0.3, 0.4) is 0 Å². The summed E-state index contributed by atoms with van der Waals surface area (Å²) in [5, 5.41) is 9.64. The first kappa shape index (κ1) is 11.5. The van der Waals surface area contributed by atoms with Gasteiger partial charge in [0.25, 0.3) is 5.91 Å². The Hall–Kier alpha value is -0.570. The molecule has 1 fully saturated rings. The van der Waals surface area contributed by atoms with E-state index in [4.69, 9.17) is 0 Å². The number of carbonyl (C=O) groups excluding carboxylic acids is 1. The van der Waals surface area contributed by atoms with Crippen LogP contribution in [0.5, 0.6) is 0 Å². The third kappa shape index (κ3) is 2.98. The molecule has 0 spiro atoms. The number of hydrogen-bond acceptors (Lipinski definition) is 2. The molecule has 1 amide bonds. The average Bonchev–Trinajstić information content (AvgIpc) is 2.86. The molecule has 1 N–H and O–H groups in total. The molecule has 0 atom stereocenters. The fourth-order valence-corrected chi connectivity index (χ4v) is 1.52. The molecule has 0 radical (unpaired) electrons. The molecule has 82 valence electrons. The second-order valence-electron chi connectivity index (χ2n) is 4.64. The van der Waals surface area contributed by atoms with E-state index in [0.29, 0.717) is 6.04 Å². The molecule has 0 aliphatic heterocycles. The first-order valence-electron chi connectivity index (χ1n) is 5.50. The van der Waals surface area contributed by atoms with E-state index < -0.39 is 5.60 Å². The monoisotopic (exact) mass is 199 g/mol. The van der Waals surface area contributed by atoms with Crippen molar-refractivity contribution in [2.75, 3.05) is 6.54 Å². The quantitative estimate of drug-likeness (QED) is 0.729. The van der Waals surface area contributed by atoms with Crippen molar-refractivity contribution in [3.8, 4) is 0 Å². The van der Waals surface area contributed by atoms with Gasteiger partial charge in [-0.3, -0.25) is 4.79 Å². The summed E-state index contributed by atoms with van der Waals surface area (Å²) in [6.07, 6.45) is 4.32. The molecule has 14 heavy (non-hydrogen) atoms. The molecule has 1 aliphatic carbocycles. The van der Waals surface area contributed by atoms with E-state index in [1.807, 2.05) is 4.90 Å². The summed E-state index contributed by atoms with van der Waals surface area (Å²) in [5.74, 6) is -0.117. The number of amides is 1. The van der Waals surface area contributed by atoms with Crippen molar-refractivity contribution in [1.29, 1.82) is 0 Å². The second kappa shape index (κ2) is 4.30. The predicted molar refractivity (Wildman–Crippen MR) is 55.9 cm³/mol. The second-order valence-corrected chi connectivity index (χ2v) is 4.64. The van der Waals surface area contributed by atoms with Gasteiger partial charge in [0, 0.05) is 12.6 Å². The number of carbonyl (C=O) groups is 1. The number of hydrogen-bond donors (Lipinski definition) is 1. The Morgan fingerprint density at radius 1 is 1.50 bits per heavy atom. The van der Waals surface area contributed by atoms with Crippen molar-refractivity contribution in [1.82, 2.24) is 4.90 Å². The van der Waals surface area contributed by atoms with Crippen LogP contribution in [0.25, 0.3) is 0 Å². The Bertz CT molecular complexity index is 204. The van der Waals surface area contributed by atoms with Crippen molar-refractivity contribution in [3.05, 3.63) is 0 Å². The van der Waals surface area contributed by atoms with Gasteiger partial charge in [0.2, 0.25) is 0 Å². The summed E-state index contributed by atoms with van der Waals surface area (Å²) >= 11 is 0. The fraction of sp³-hybridized carbons (Fsp3) is 0.909.